The fraction of sp³-hybridized carbons (Fsp3) is 0.500. The molecule has 0 spiro atoms. The second-order valence-corrected chi connectivity index (χ2v) is 8.10. The highest BCUT2D eigenvalue weighted by atomic mass is 32.2. The van der Waals surface area contributed by atoms with Crippen molar-refractivity contribution >= 4 is 29.0 Å². The van der Waals surface area contributed by atoms with E-state index in [0.717, 1.165) is 41.3 Å². The van der Waals surface area contributed by atoms with Crippen molar-refractivity contribution in [3.8, 4) is 0 Å². The van der Waals surface area contributed by atoms with Gasteiger partial charge in [0.15, 0.2) is 0 Å². The summed E-state index contributed by atoms with van der Waals surface area (Å²) < 4.78 is 0. The van der Waals surface area contributed by atoms with Gasteiger partial charge in [0.2, 0.25) is 0 Å². The molecule has 1 heterocycles. The second-order valence-electron chi connectivity index (χ2n) is 7.11. The predicted octanol–water partition coefficient (Wildman–Crippen LogP) is 5.23. The maximum atomic E-state index is 12.7. The summed E-state index contributed by atoms with van der Waals surface area (Å²) in [5.74, 6) is 0.365. The van der Waals surface area contributed by atoms with Crippen LogP contribution in [0.15, 0.2) is 17.0 Å². The first kappa shape index (κ1) is 17.3. The van der Waals surface area contributed by atoms with Crippen molar-refractivity contribution in [1.29, 1.82) is 0 Å². The SMILES string of the molecule is Cc1cc(C)c(/C=C2/SC(=O)N(CC3CCCCC3)C2=O)c(C)c1. The summed E-state index contributed by atoms with van der Waals surface area (Å²) in [5, 5.41) is -0.112. The lowest BCUT2D eigenvalue weighted by Crippen LogP contribution is -2.34. The summed E-state index contributed by atoms with van der Waals surface area (Å²) in [6.45, 7) is 6.77. The Kier molecular flexibility index (Phi) is 5.14. The zero-order chi connectivity index (χ0) is 17.3. The molecular formula is C20H25NO2S. The Morgan fingerprint density at radius 2 is 1.71 bits per heavy atom. The summed E-state index contributed by atoms with van der Waals surface area (Å²) in [4.78, 5) is 27.0. The number of benzene rings is 1. The van der Waals surface area contributed by atoms with Crippen molar-refractivity contribution in [2.24, 2.45) is 5.92 Å². The van der Waals surface area contributed by atoms with Crippen molar-refractivity contribution in [2.45, 2.75) is 52.9 Å². The van der Waals surface area contributed by atoms with E-state index in [2.05, 4.69) is 32.9 Å². The number of nitrogens with zero attached hydrogens (tertiary/aromatic N) is 1. The van der Waals surface area contributed by atoms with E-state index in [4.69, 9.17) is 0 Å². The third-order valence-electron chi connectivity index (χ3n) is 5.05. The van der Waals surface area contributed by atoms with Gasteiger partial charge in [0.25, 0.3) is 11.1 Å². The molecule has 1 aliphatic carbocycles. The van der Waals surface area contributed by atoms with Gasteiger partial charge in [-0.15, -0.1) is 0 Å². The van der Waals surface area contributed by atoms with E-state index in [9.17, 15) is 9.59 Å². The largest absolute Gasteiger partial charge is 0.293 e. The number of thioether (sulfide) groups is 1. The molecule has 24 heavy (non-hydrogen) atoms. The van der Waals surface area contributed by atoms with E-state index in [0.29, 0.717) is 17.4 Å². The first-order valence-electron chi connectivity index (χ1n) is 8.79. The first-order valence-corrected chi connectivity index (χ1v) is 9.60. The molecule has 4 heteroatoms. The molecule has 2 amide bonds. The lowest BCUT2D eigenvalue weighted by atomic mass is 9.89. The molecule has 0 atom stereocenters. The van der Waals surface area contributed by atoms with Gasteiger partial charge in [-0.05, 0) is 74.1 Å². The first-order chi connectivity index (χ1) is 11.5. The molecule has 1 saturated heterocycles. The van der Waals surface area contributed by atoms with E-state index < -0.39 is 0 Å². The van der Waals surface area contributed by atoms with Gasteiger partial charge in [0.05, 0.1) is 4.91 Å². The zero-order valence-electron chi connectivity index (χ0n) is 14.7. The number of hydrogen-bond acceptors (Lipinski definition) is 3. The van der Waals surface area contributed by atoms with E-state index in [1.54, 1.807) is 0 Å². The van der Waals surface area contributed by atoms with Crippen LogP contribution < -0.4 is 0 Å². The summed E-state index contributed by atoms with van der Waals surface area (Å²) in [7, 11) is 0. The summed E-state index contributed by atoms with van der Waals surface area (Å²) in [6, 6.07) is 4.23. The summed E-state index contributed by atoms with van der Waals surface area (Å²) >= 11 is 1.09. The fourth-order valence-electron chi connectivity index (χ4n) is 3.84. The summed E-state index contributed by atoms with van der Waals surface area (Å²) in [6.07, 6.45) is 7.89. The average molecular weight is 343 g/mol. The van der Waals surface area contributed by atoms with Crippen LogP contribution in [0.2, 0.25) is 0 Å². The maximum Gasteiger partial charge on any atom is 0.293 e. The standard InChI is InChI=1S/C20H25NO2S/c1-13-9-14(2)17(15(3)10-13)11-18-19(22)21(20(23)24-18)12-16-7-5-4-6-8-16/h9-11,16H,4-8,12H2,1-3H3/b18-11+. The zero-order valence-corrected chi connectivity index (χ0v) is 15.5. The summed E-state index contributed by atoms with van der Waals surface area (Å²) in [5.41, 5.74) is 4.56. The molecule has 1 aromatic rings. The quantitative estimate of drug-likeness (QED) is 0.705. The molecule has 2 aliphatic rings. The van der Waals surface area contributed by atoms with Crippen LogP contribution in [0.3, 0.4) is 0 Å². The molecule has 1 aromatic carbocycles. The Labute approximate surface area is 148 Å². The van der Waals surface area contributed by atoms with Gasteiger partial charge in [-0.25, -0.2) is 0 Å². The van der Waals surface area contributed by atoms with E-state index in [1.165, 1.54) is 29.7 Å². The Balaban J connectivity index is 1.80. The van der Waals surface area contributed by atoms with Gasteiger partial charge in [-0.3, -0.25) is 14.5 Å². The predicted molar refractivity (Wildman–Crippen MR) is 99.9 cm³/mol. The highest BCUT2D eigenvalue weighted by molar-refractivity contribution is 8.18. The molecule has 0 radical (unpaired) electrons. The maximum absolute atomic E-state index is 12.7. The van der Waals surface area contributed by atoms with Crippen molar-refractivity contribution < 1.29 is 9.59 Å². The minimum atomic E-state index is -0.116. The smallest absolute Gasteiger partial charge is 0.268 e. The van der Waals surface area contributed by atoms with Crippen LogP contribution in [-0.4, -0.2) is 22.6 Å². The minimum Gasteiger partial charge on any atom is -0.268 e. The molecule has 3 nitrogen and oxygen atoms in total. The van der Waals surface area contributed by atoms with Gasteiger partial charge in [0, 0.05) is 6.54 Å². The van der Waals surface area contributed by atoms with Gasteiger partial charge in [-0.1, -0.05) is 37.0 Å². The van der Waals surface area contributed by atoms with Crippen LogP contribution in [0.5, 0.6) is 0 Å². The fourth-order valence-corrected chi connectivity index (χ4v) is 4.67. The van der Waals surface area contributed by atoms with Gasteiger partial charge in [-0.2, -0.15) is 0 Å². The highest BCUT2D eigenvalue weighted by Gasteiger charge is 2.36. The van der Waals surface area contributed by atoms with E-state index in [-0.39, 0.29) is 11.1 Å². The minimum absolute atomic E-state index is 0.112. The Bertz CT molecular complexity index is 679. The number of amides is 2. The number of hydrogen-bond donors (Lipinski definition) is 0. The molecule has 0 bridgehead atoms. The lowest BCUT2D eigenvalue weighted by molar-refractivity contribution is -0.123. The third kappa shape index (κ3) is 3.59. The number of rotatable bonds is 3. The number of carbonyl (C=O) groups excluding carboxylic acids is 2. The number of imide groups is 1. The van der Waals surface area contributed by atoms with Crippen LogP contribution >= 0.6 is 11.8 Å². The average Bonchev–Trinajstić information content (AvgIpc) is 2.79. The van der Waals surface area contributed by atoms with Gasteiger partial charge >= 0.3 is 0 Å². The van der Waals surface area contributed by atoms with Crippen LogP contribution in [0.1, 0.15) is 54.4 Å². The lowest BCUT2D eigenvalue weighted by Gasteiger charge is -2.25. The molecule has 0 aromatic heterocycles. The van der Waals surface area contributed by atoms with Crippen LogP contribution in [0.25, 0.3) is 6.08 Å². The van der Waals surface area contributed by atoms with Crippen LogP contribution in [0.4, 0.5) is 4.79 Å². The van der Waals surface area contributed by atoms with E-state index in [1.807, 2.05) is 6.08 Å². The Morgan fingerprint density at radius 1 is 1.08 bits per heavy atom. The molecule has 1 aliphatic heterocycles. The molecule has 1 saturated carbocycles. The number of carbonyl (C=O) groups is 2. The van der Waals surface area contributed by atoms with E-state index >= 15 is 0 Å². The molecule has 0 N–H and O–H groups in total. The van der Waals surface area contributed by atoms with Crippen LogP contribution in [0, 0.1) is 26.7 Å². The van der Waals surface area contributed by atoms with Gasteiger partial charge in [0.1, 0.15) is 0 Å². The molecule has 3 rings (SSSR count). The van der Waals surface area contributed by atoms with Gasteiger partial charge < -0.3 is 0 Å². The Morgan fingerprint density at radius 3 is 2.33 bits per heavy atom. The molecule has 128 valence electrons. The van der Waals surface area contributed by atoms with Crippen molar-refractivity contribution in [3.05, 3.63) is 39.3 Å². The van der Waals surface area contributed by atoms with Crippen molar-refractivity contribution in [3.63, 3.8) is 0 Å². The number of aryl methyl sites for hydroxylation is 3. The second kappa shape index (κ2) is 7.14. The van der Waals surface area contributed by atoms with Crippen molar-refractivity contribution in [1.82, 2.24) is 4.90 Å². The normalized spacial score (nSPS) is 21.1. The Hall–Kier alpha value is -1.55. The highest BCUT2D eigenvalue weighted by Crippen LogP contribution is 2.35. The monoisotopic (exact) mass is 343 g/mol. The molecular weight excluding hydrogens is 318 g/mol. The van der Waals surface area contributed by atoms with Crippen LogP contribution in [-0.2, 0) is 4.79 Å². The molecule has 2 fully saturated rings. The molecule has 0 unspecified atom stereocenters. The third-order valence-corrected chi connectivity index (χ3v) is 5.96. The van der Waals surface area contributed by atoms with Crippen molar-refractivity contribution in [2.75, 3.05) is 6.54 Å². The topological polar surface area (TPSA) is 37.4 Å².